The molecular weight excluding hydrogens is 354 g/mol. The summed E-state index contributed by atoms with van der Waals surface area (Å²) < 4.78 is 5.42. The zero-order chi connectivity index (χ0) is 19.9. The highest BCUT2D eigenvalue weighted by Crippen LogP contribution is 2.27. The van der Waals surface area contributed by atoms with Crippen LogP contribution in [0.4, 0.5) is 11.4 Å². The Morgan fingerprint density at radius 3 is 2.43 bits per heavy atom. The van der Waals surface area contributed by atoms with Gasteiger partial charge in [-0.2, -0.15) is 0 Å². The van der Waals surface area contributed by atoms with Gasteiger partial charge in [0.15, 0.2) is 0 Å². The molecule has 6 nitrogen and oxygen atoms in total. The molecule has 0 aromatic heterocycles. The molecule has 0 radical (unpaired) electrons. The molecular formula is C22H27N3O3. The van der Waals surface area contributed by atoms with Crippen LogP contribution in [0, 0.1) is 0 Å². The number of ether oxygens (including phenoxy) is 1. The van der Waals surface area contributed by atoms with Crippen LogP contribution < -0.4 is 15.5 Å². The van der Waals surface area contributed by atoms with Gasteiger partial charge in [-0.25, -0.2) is 0 Å². The Morgan fingerprint density at radius 1 is 1.04 bits per heavy atom. The third kappa shape index (κ3) is 4.89. The maximum Gasteiger partial charge on any atom is 0.255 e. The highest BCUT2D eigenvalue weighted by molar-refractivity contribution is 6.07. The molecule has 1 atom stereocenters. The lowest BCUT2D eigenvalue weighted by molar-refractivity contribution is 0.0939. The first-order chi connectivity index (χ1) is 13.6. The number of rotatable bonds is 6. The average molecular weight is 381 g/mol. The maximum absolute atomic E-state index is 12.8. The third-order valence-corrected chi connectivity index (χ3v) is 4.88. The Balaban J connectivity index is 1.75. The van der Waals surface area contributed by atoms with Gasteiger partial charge in [0, 0.05) is 30.3 Å². The van der Waals surface area contributed by atoms with E-state index in [1.165, 1.54) is 0 Å². The second-order valence-electron chi connectivity index (χ2n) is 6.93. The molecule has 28 heavy (non-hydrogen) atoms. The van der Waals surface area contributed by atoms with Crippen LogP contribution in [0.5, 0.6) is 0 Å². The first-order valence-electron chi connectivity index (χ1n) is 9.72. The van der Waals surface area contributed by atoms with Gasteiger partial charge >= 0.3 is 0 Å². The highest BCUT2D eigenvalue weighted by atomic mass is 16.5. The van der Waals surface area contributed by atoms with E-state index in [1.54, 1.807) is 24.3 Å². The maximum atomic E-state index is 12.8. The molecule has 2 aromatic rings. The number of amides is 2. The predicted octanol–water partition coefficient (Wildman–Crippen LogP) is 3.30. The molecule has 0 spiro atoms. The number of hydrogen-bond acceptors (Lipinski definition) is 4. The van der Waals surface area contributed by atoms with Crippen molar-refractivity contribution in [3.63, 3.8) is 0 Å². The second kappa shape index (κ2) is 9.37. The van der Waals surface area contributed by atoms with Crippen LogP contribution in [0.15, 0.2) is 48.5 Å². The number of nitrogens with zero attached hydrogens (tertiary/aromatic N) is 1. The molecule has 148 valence electrons. The van der Waals surface area contributed by atoms with E-state index in [9.17, 15) is 9.59 Å². The molecule has 6 heteroatoms. The average Bonchev–Trinajstić information content (AvgIpc) is 2.74. The number of morpholine rings is 1. The van der Waals surface area contributed by atoms with Crippen LogP contribution in [0.25, 0.3) is 0 Å². The van der Waals surface area contributed by atoms with Gasteiger partial charge in [-0.3, -0.25) is 9.59 Å². The van der Waals surface area contributed by atoms with Crippen molar-refractivity contribution in [3.05, 3.63) is 59.7 Å². The molecule has 1 aliphatic heterocycles. The molecule has 0 aliphatic carbocycles. The Kier molecular flexibility index (Phi) is 6.66. The summed E-state index contributed by atoms with van der Waals surface area (Å²) in [4.78, 5) is 27.4. The van der Waals surface area contributed by atoms with E-state index >= 15 is 0 Å². The number of carbonyl (C=O) groups excluding carboxylic acids is 2. The molecule has 1 aliphatic rings. The van der Waals surface area contributed by atoms with Crippen molar-refractivity contribution < 1.29 is 14.3 Å². The number of carbonyl (C=O) groups is 2. The second-order valence-corrected chi connectivity index (χ2v) is 6.93. The zero-order valence-electron chi connectivity index (χ0n) is 16.4. The van der Waals surface area contributed by atoms with Gasteiger partial charge in [-0.15, -0.1) is 0 Å². The van der Waals surface area contributed by atoms with Crippen molar-refractivity contribution in [3.8, 4) is 0 Å². The summed E-state index contributed by atoms with van der Waals surface area (Å²) in [5.41, 5.74) is 2.66. The van der Waals surface area contributed by atoms with Crippen molar-refractivity contribution >= 4 is 23.2 Å². The van der Waals surface area contributed by atoms with E-state index in [1.807, 2.05) is 38.1 Å². The lowest BCUT2D eigenvalue weighted by atomic mass is 10.1. The van der Waals surface area contributed by atoms with Crippen molar-refractivity contribution in [1.82, 2.24) is 5.32 Å². The summed E-state index contributed by atoms with van der Waals surface area (Å²) in [5.74, 6) is -0.406. The molecule has 1 saturated heterocycles. The number of para-hydroxylation sites is 2. The predicted molar refractivity (Wildman–Crippen MR) is 111 cm³/mol. The largest absolute Gasteiger partial charge is 0.378 e. The first kappa shape index (κ1) is 19.9. The van der Waals surface area contributed by atoms with Gasteiger partial charge in [0.2, 0.25) is 0 Å². The minimum Gasteiger partial charge on any atom is -0.378 e. The first-order valence-corrected chi connectivity index (χ1v) is 9.72. The fourth-order valence-electron chi connectivity index (χ4n) is 3.06. The molecule has 0 saturated carbocycles. The lowest BCUT2D eigenvalue weighted by Crippen LogP contribution is -2.36. The lowest BCUT2D eigenvalue weighted by Gasteiger charge is -2.30. The van der Waals surface area contributed by atoms with Gasteiger partial charge in [0.05, 0.1) is 24.6 Å². The molecule has 3 rings (SSSR count). The van der Waals surface area contributed by atoms with Crippen LogP contribution in [0.2, 0.25) is 0 Å². The van der Waals surface area contributed by atoms with E-state index in [0.717, 1.165) is 30.9 Å². The number of benzene rings is 2. The zero-order valence-corrected chi connectivity index (χ0v) is 16.4. The summed E-state index contributed by atoms with van der Waals surface area (Å²) in [7, 11) is 0. The monoisotopic (exact) mass is 381 g/mol. The standard InChI is InChI=1S/C22H27N3O3/c1-3-16(2)23-21(26)17-7-6-8-18(15-17)22(27)24-19-9-4-5-10-20(19)25-11-13-28-14-12-25/h4-10,15-16H,3,11-14H2,1-2H3,(H,23,26)(H,24,27). The van der Waals surface area contributed by atoms with Crippen molar-refractivity contribution in [2.24, 2.45) is 0 Å². The van der Waals surface area contributed by atoms with Gasteiger partial charge in [-0.1, -0.05) is 25.1 Å². The quantitative estimate of drug-likeness (QED) is 0.805. The van der Waals surface area contributed by atoms with Gasteiger partial charge in [0.25, 0.3) is 11.8 Å². The Morgan fingerprint density at radius 2 is 1.71 bits per heavy atom. The van der Waals surface area contributed by atoms with E-state index in [2.05, 4.69) is 15.5 Å². The van der Waals surface area contributed by atoms with Crippen molar-refractivity contribution in [2.75, 3.05) is 36.5 Å². The molecule has 2 aromatic carbocycles. The van der Waals surface area contributed by atoms with E-state index < -0.39 is 0 Å². The Bertz CT molecular complexity index is 831. The van der Waals surface area contributed by atoms with Gasteiger partial charge in [0.1, 0.15) is 0 Å². The molecule has 1 fully saturated rings. The fourth-order valence-corrected chi connectivity index (χ4v) is 3.06. The molecule has 1 unspecified atom stereocenters. The Labute approximate surface area is 165 Å². The minimum atomic E-state index is -0.237. The van der Waals surface area contributed by atoms with Crippen LogP contribution in [0.3, 0.4) is 0 Å². The van der Waals surface area contributed by atoms with Gasteiger partial charge in [-0.05, 0) is 43.7 Å². The van der Waals surface area contributed by atoms with Gasteiger partial charge < -0.3 is 20.3 Å². The summed E-state index contributed by atoms with van der Waals surface area (Å²) in [6, 6.07) is 14.6. The van der Waals surface area contributed by atoms with Crippen LogP contribution in [-0.2, 0) is 4.74 Å². The molecule has 1 heterocycles. The summed E-state index contributed by atoms with van der Waals surface area (Å²) in [6.07, 6.45) is 0.851. The smallest absolute Gasteiger partial charge is 0.255 e. The number of anilines is 2. The summed E-state index contributed by atoms with van der Waals surface area (Å²) in [6.45, 7) is 6.90. The summed E-state index contributed by atoms with van der Waals surface area (Å²) in [5, 5.41) is 5.91. The van der Waals surface area contributed by atoms with E-state index in [0.29, 0.717) is 24.3 Å². The van der Waals surface area contributed by atoms with Crippen LogP contribution in [0.1, 0.15) is 41.0 Å². The number of nitrogens with one attached hydrogen (secondary N) is 2. The fraction of sp³-hybridized carbons (Fsp3) is 0.364. The summed E-state index contributed by atoms with van der Waals surface area (Å²) >= 11 is 0. The van der Waals surface area contributed by atoms with E-state index in [-0.39, 0.29) is 17.9 Å². The van der Waals surface area contributed by atoms with E-state index in [4.69, 9.17) is 4.74 Å². The number of hydrogen-bond donors (Lipinski definition) is 2. The van der Waals surface area contributed by atoms with Crippen LogP contribution >= 0.6 is 0 Å². The topological polar surface area (TPSA) is 70.7 Å². The highest BCUT2D eigenvalue weighted by Gasteiger charge is 2.17. The molecule has 2 amide bonds. The van der Waals surface area contributed by atoms with Crippen molar-refractivity contribution in [1.29, 1.82) is 0 Å². The van der Waals surface area contributed by atoms with Crippen molar-refractivity contribution in [2.45, 2.75) is 26.3 Å². The van der Waals surface area contributed by atoms with Crippen LogP contribution in [-0.4, -0.2) is 44.2 Å². The normalized spacial score (nSPS) is 15.0. The third-order valence-electron chi connectivity index (χ3n) is 4.88. The Hall–Kier alpha value is -2.86. The molecule has 0 bridgehead atoms. The molecule has 2 N–H and O–H groups in total. The minimum absolute atomic E-state index is 0.0883. The SMILES string of the molecule is CCC(C)NC(=O)c1cccc(C(=O)Nc2ccccc2N2CCOCC2)c1.